The van der Waals surface area contributed by atoms with Crippen molar-refractivity contribution in [1.82, 2.24) is 4.90 Å². The zero-order valence-corrected chi connectivity index (χ0v) is 9.21. The van der Waals surface area contributed by atoms with Gasteiger partial charge < -0.3 is 4.90 Å². The summed E-state index contributed by atoms with van der Waals surface area (Å²) in [6.07, 6.45) is 0.793. The highest BCUT2D eigenvalue weighted by Crippen LogP contribution is 2.22. The van der Waals surface area contributed by atoms with Crippen LogP contribution in [-0.2, 0) is 4.79 Å². The van der Waals surface area contributed by atoms with E-state index in [2.05, 4.69) is 18.7 Å². The predicted octanol–water partition coefficient (Wildman–Crippen LogP) is 1.94. The van der Waals surface area contributed by atoms with Gasteiger partial charge in [0.1, 0.15) is 5.78 Å². The summed E-state index contributed by atoms with van der Waals surface area (Å²) in [5.74, 6) is 1.28. The fourth-order valence-corrected chi connectivity index (χ4v) is 1.68. The zero-order valence-electron chi connectivity index (χ0n) is 9.21. The molecule has 0 amide bonds. The van der Waals surface area contributed by atoms with E-state index in [1.54, 1.807) is 0 Å². The number of carbonyl (C=O) groups excluding carboxylic acids is 1. The minimum absolute atomic E-state index is 0.216. The van der Waals surface area contributed by atoms with Crippen molar-refractivity contribution in [2.75, 3.05) is 13.1 Å². The molecule has 0 radical (unpaired) electrons. The van der Waals surface area contributed by atoms with Gasteiger partial charge in [0, 0.05) is 31.5 Å². The van der Waals surface area contributed by atoms with Gasteiger partial charge in [0.05, 0.1) is 0 Å². The van der Waals surface area contributed by atoms with Crippen molar-refractivity contribution in [2.24, 2.45) is 11.8 Å². The SMILES string of the molecule is CC(C)C(=O)CC1CN(C(C)C)C1. The van der Waals surface area contributed by atoms with Crippen LogP contribution in [0.3, 0.4) is 0 Å². The fourth-order valence-electron chi connectivity index (χ4n) is 1.68. The number of hydrogen-bond acceptors (Lipinski definition) is 2. The molecule has 0 spiro atoms. The first-order chi connectivity index (χ1) is 6.00. The molecular formula is C11H21NO. The Morgan fingerprint density at radius 1 is 1.31 bits per heavy atom. The van der Waals surface area contributed by atoms with Crippen LogP contribution in [0.5, 0.6) is 0 Å². The summed E-state index contributed by atoms with van der Waals surface area (Å²) in [6.45, 7) is 10.6. The molecule has 0 aromatic heterocycles. The Labute approximate surface area is 81.3 Å². The third-order valence-electron chi connectivity index (χ3n) is 2.85. The van der Waals surface area contributed by atoms with Crippen LogP contribution in [0.1, 0.15) is 34.1 Å². The normalized spacial score (nSPS) is 19.5. The maximum absolute atomic E-state index is 11.4. The maximum atomic E-state index is 11.4. The monoisotopic (exact) mass is 183 g/mol. The second-order valence-electron chi connectivity index (χ2n) is 4.74. The standard InChI is InChI=1S/C11H21NO/c1-8(2)11(13)5-10-6-12(7-10)9(3)4/h8-10H,5-7H2,1-4H3. The molecule has 2 nitrogen and oxygen atoms in total. The highest BCUT2D eigenvalue weighted by atomic mass is 16.1. The first-order valence-corrected chi connectivity index (χ1v) is 5.27. The lowest BCUT2D eigenvalue weighted by Gasteiger charge is -2.42. The third-order valence-corrected chi connectivity index (χ3v) is 2.85. The average Bonchev–Trinajstić information content (AvgIpc) is 1.94. The van der Waals surface area contributed by atoms with Crippen molar-refractivity contribution < 1.29 is 4.79 Å². The number of Topliss-reactive ketones (excluding diaryl/α,β-unsaturated/α-hetero) is 1. The van der Waals surface area contributed by atoms with Gasteiger partial charge in [0.15, 0.2) is 0 Å². The Balaban J connectivity index is 2.18. The second kappa shape index (κ2) is 4.23. The van der Waals surface area contributed by atoms with E-state index in [4.69, 9.17) is 0 Å². The second-order valence-corrected chi connectivity index (χ2v) is 4.74. The number of hydrogen-bond donors (Lipinski definition) is 0. The van der Waals surface area contributed by atoms with E-state index in [0.717, 1.165) is 19.5 Å². The van der Waals surface area contributed by atoms with E-state index in [1.807, 2.05) is 13.8 Å². The average molecular weight is 183 g/mol. The van der Waals surface area contributed by atoms with Crippen LogP contribution in [0.15, 0.2) is 0 Å². The third kappa shape index (κ3) is 2.80. The van der Waals surface area contributed by atoms with Gasteiger partial charge in [-0.1, -0.05) is 13.8 Å². The molecule has 76 valence electrons. The van der Waals surface area contributed by atoms with Crippen LogP contribution in [0, 0.1) is 11.8 Å². The first kappa shape index (κ1) is 10.7. The summed E-state index contributed by atoms with van der Waals surface area (Å²) in [6, 6.07) is 0.644. The van der Waals surface area contributed by atoms with Gasteiger partial charge in [0.2, 0.25) is 0 Å². The van der Waals surface area contributed by atoms with Gasteiger partial charge in [-0.25, -0.2) is 0 Å². The summed E-state index contributed by atoms with van der Waals surface area (Å²) < 4.78 is 0. The fraction of sp³-hybridized carbons (Fsp3) is 0.909. The molecule has 0 unspecified atom stereocenters. The predicted molar refractivity (Wildman–Crippen MR) is 54.7 cm³/mol. The molecule has 0 saturated carbocycles. The summed E-state index contributed by atoms with van der Waals surface area (Å²) >= 11 is 0. The Morgan fingerprint density at radius 2 is 1.85 bits per heavy atom. The highest BCUT2D eigenvalue weighted by Gasteiger charge is 2.30. The summed E-state index contributed by atoms with van der Waals surface area (Å²) in [7, 11) is 0. The number of rotatable bonds is 4. The maximum Gasteiger partial charge on any atom is 0.135 e. The van der Waals surface area contributed by atoms with E-state index in [-0.39, 0.29) is 5.92 Å². The summed E-state index contributed by atoms with van der Waals surface area (Å²) in [5, 5.41) is 0. The highest BCUT2D eigenvalue weighted by molar-refractivity contribution is 5.80. The number of likely N-dealkylation sites (tertiary alicyclic amines) is 1. The van der Waals surface area contributed by atoms with Gasteiger partial charge in [-0.05, 0) is 19.8 Å². The minimum Gasteiger partial charge on any atom is -0.300 e. The van der Waals surface area contributed by atoms with Crippen molar-refractivity contribution in [1.29, 1.82) is 0 Å². The first-order valence-electron chi connectivity index (χ1n) is 5.27. The summed E-state index contributed by atoms with van der Waals surface area (Å²) in [4.78, 5) is 13.8. The molecule has 1 heterocycles. The van der Waals surface area contributed by atoms with Crippen molar-refractivity contribution in [3.05, 3.63) is 0 Å². The van der Waals surface area contributed by atoms with Gasteiger partial charge in [-0.15, -0.1) is 0 Å². The molecule has 0 N–H and O–H groups in total. The number of nitrogens with zero attached hydrogens (tertiary/aromatic N) is 1. The molecule has 1 fully saturated rings. The van der Waals surface area contributed by atoms with Crippen LogP contribution in [-0.4, -0.2) is 29.8 Å². The Kier molecular flexibility index (Phi) is 3.48. The van der Waals surface area contributed by atoms with E-state index in [0.29, 0.717) is 17.7 Å². The molecule has 2 heteroatoms. The molecule has 0 bridgehead atoms. The molecule has 1 aliphatic heterocycles. The van der Waals surface area contributed by atoms with Crippen LogP contribution >= 0.6 is 0 Å². The Bertz CT molecular complexity index is 181. The van der Waals surface area contributed by atoms with Crippen molar-refractivity contribution in [2.45, 2.75) is 40.2 Å². The van der Waals surface area contributed by atoms with Crippen LogP contribution in [0.25, 0.3) is 0 Å². The van der Waals surface area contributed by atoms with Gasteiger partial charge >= 0.3 is 0 Å². The van der Waals surface area contributed by atoms with Crippen molar-refractivity contribution in [3.8, 4) is 0 Å². The largest absolute Gasteiger partial charge is 0.300 e. The smallest absolute Gasteiger partial charge is 0.135 e. The molecule has 1 aliphatic rings. The van der Waals surface area contributed by atoms with E-state index >= 15 is 0 Å². The number of carbonyl (C=O) groups is 1. The topological polar surface area (TPSA) is 20.3 Å². The van der Waals surface area contributed by atoms with E-state index < -0.39 is 0 Å². The molecule has 0 atom stereocenters. The van der Waals surface area contributed by atoms with Crippen molar-refractivity contribution >= 4 is 5.78 Å². The molecule has 13 heavy (non-hydrogen) atoms. The Morgan fingerprint density at radius 3 is 2.23 bits per heavy atom. The molecule has 0 aliphatic carbocycles. The minimum atomic E-state index is 0.216. The van der Waals surface area contributed by atoms with E-state index in [9.17, 15) is 4.79 Å². The molecule has 1 rings (SSSR count). The lowest BCUT2D eigenvalue weighted by atomic mass is 9.90. The van der Waals surface area contributed by atoms with Crippen LogP contribution < -0.4 is 0 Å². The Hall–Kier alpha value is -0.370. The molecule has 0 aromatic carbocycles. The molecular weight excluding hydrogens is 162 g/mol. The molecule has 1 saturated heterocycles. The van der Waals surface area contributed by atoms with Crippen LogP contribution in [0.4, 0.5) is 0 Å². The lowest BCUT2D eigenvalue weighted by molar-refractivity contribution is -0.124. The quantitative estimate of drug-likeness (QED) is 0.664. The van der Waals surface area contributed by atoms with Crippen LogP contribution in [0.2, 0.25) is 0 Å². The van der Waals surface area contributed by atoms with Gasteiger partial charge in [-0.3, -0.25) is 4.79 Å². The van der Waals surface area contributed by atoms with E-state index in [1.165, 1.54) is 0 Å². The zero-order chi connectivity index (χ0) is 10.0. The van der Waals surface area contributed by atoms with Gasteiger partial charge in [0.25, 0.3) is 0 Å². The summed E-state index contributed by atoms with van der Waals surface area (Å²) in [5.41, 5.74) is 0. The number of ketones is 1. The van der Waals surface area contributed by atoms with Gasteiger partial charge in [-0.2, -0.15) is 0 Å². The van der Waals surface area contributed by atoms with Crippen molar-refractivity contribution in [3.63, 3.8) is 0 Å². The molecule has 0 aromatic rings. The lowest BCUT2D eigenvalue weighted by Crippen LogP contribution is -2.50.